The van der Waals surface area contributed by atoms with Gasteiger partial charge in [0.25, 0.3) is 0 Å². The number of halogens is 1. The number of carbonyl (C=O) groups excluding carboxylic acids is 1. The summed E-state index contributed by atoms with van der Waals surface area (Å²) in [6, 6.07) is 0. The highest BCUT2D eigenvalue weighted by Gasteiger charge is 2.48. The van der Waals surface area contributed by atoms with Crippen LogP contribution in [0, 0.1) is 11.3 Å². The van der Waals surface area contributed by atoms with Crippen molar-refractivity contribution in [3.8, 4) is 0 Å². The van der Waals surface area contributed by atoms with Crippen LogP contribution in [0.1, 0.15) is 19.3 Å². The molecule has 1 saturated heterocycles. The molecule has 80 valence electrons. The second-order valence-corrected chi connectivity index (χ2v) is 5.35. The van der Waals surface area contributed by atoms with Crippen molar-refractivity contribution in [2.75, 3.05) is 25.0 Å². The molecule has 2 N–H and O–H groups in total. The Morgan fingerprint density at radius 1 is 1.57 bits per heavy atom. The second kappa shape index (κ2) is 3.81. The average Bonchev–Trinajstić information content (AvgIpc) is 2.58. The minimum atomic E-state index is 0.115. The number of hydrogen-bond acceptors (Lipinski definition) is 2. The predicted octanol–water partition coefficient (Wildman–Crippen LogP) is 0.969. The molecule has 2 aliphatic rings. The van der Waals surface area contributed by atoms with Gasteiger partial charge in [0, 0.05) is 18.4 Å². The zero-order chi connectivity index (χ0) is 10.2. The number of hydrogen-bond donors (Lipinski definition) is 1. The predicted molar refractivity (Wildman–Crippen MR) is 59.2 cm³/mol. The first-order chi connectivity index (χ1) is 6.69. The summed E-state index contributed by atoms with van der Waals surface area (Å²) in [5, 5.41) is 1.11. The van der Waals surface area contributed by atoms with Crippen LogP contribution >= 0.6 is 15.9 Å². The number of nitrogens with zero attached hydrogens (tertiary/aromatic N) is 1. The highest BCUT2D eigenvalue weighted by atomic mass is 79.9. The van der Waals surface area contributed by atoms with E-state index in [1.165, 1.54) is 19.3 Å². The summed E-state index contributed by atoms with van der Waals surface area (Å²) < 4.78 is 0. The lowest BCUT2D eigenvalue weighted by atomic mass is 9.62. The zero-order valence-electron chi connectivity index (χ0n) is 8.34. The Morgan fingerprint density at radius 2 is 2.29 bits per heavy atom. The van der Waals surface area contributed by atoms with Gasteiger partial charge in [-0.05, 0) is 30.6 Å². The maximum atomic E-state index is 11.4. The van der Waals surface area contributed by atoms with Gasteiger partial charge in [-0.2, -0.15) is 0 Å². The van der Waals surface area contributed by atoms with Crippen LogP contribution in [0.3, 0.4) is 0 Å². The number of rotatable bonds is 2. The van der Waals surface area contributed by atoms with E-state index in [0.29, 0.717) is 5.41 Å². The first-order valence-corrected chi connectivity index (χ1v) is 6.35. The van der Waals surface area contributed by atoms with Gasteiger partial charge in [-0.3, -0.25) is 4.79 Å². The molecule has 1 aliphatic carbocycles. The molecule has 0 radical (unpaired) electrons. The fourth-order valence-electron chi connectivity index (χ4n) is 2.88. The first kappa shape index (κ1) is 10.4. The fourth-order valence-corrected chi connectivity index (χ4v) is 3.34. The van der Waals surface area contributed by atoms with E-state index < -0.39 is 0 Å². The maximum Gasteiger partial charge on any atom is 0.236 e. The van der Waals surface area contributed by atoms with Crippen molar-refractivity contribution in [2.45, 2.75) is 19.3 Å². The van der Waals surface area contributed by atoms with Gasteiger partial charge >= 0.3 is 0 Å². The Hall–Kier alpha value is -0.0900. The second-order valence-electron chi connectivity index (χ2n) is 4.70. The summed E-state index contributed by atoms with van der Waals surface area (Å²) in [6.07, 6.45) is 3.75. The topological polar surface area (TPSA) is 46.3 Å². The molecule has 3 nitrogen and oxygen atoms in total. The molecule has 0 aromatic heterocycles. The van der Waals surface area contributed by atoms with Crippen molar-refractivity contribution in [3.63, 3.8) is 0 Å². The van der Waals surface area contributed by atoms with E-state index >= 15 is 0 Å². The largest absolute Gasteiger partial charge is 0.341 e. The minimum Gasteiger partial charge on any atom is -0.341 e. The van der Waals surface area contributed by atoms with Crippen molar-refractivity contribution < 1.29 is 4.79 Å². The molecule has 4 heteroatoms. The fraction of sp³-hybridized carbons (Fsp3) is 0.900. The summed E-state index contributed by atoms with van der Waals surface area (Å²) in [6.45, 7) is 2.04. The lowest BCUT2D eigenvalue weighted by Crippen LogP contribution is -2.42. The van der Waals surface area contributed by atoms with Gasteiger partial charge in [0.15, 0.2) is 0 Å². The maximum absolute atomic E-state index is 11.4. The van der Waals surface area contributed by atoms with Crippen LogP contribution in [0.4, 0.5) is 0 Å². The van der Waals surface area contributed by atoms with Crippen molar-refractivity contribution in [3.05, 3.63) is 0 Å². The van der Waals surface area contributed by atoms with Gasteiger partial charge in [-0.1, -0.05) is 15.9 Å². The smallest absolute Gasteiger partial charge is 0.236 e. The molecule has 0 atom stereocenters. The molecule has 0 aromatic carbocycles. The third kappa shape index (κ3) is 1.70. The molecular formula is C10H17BrN2O. The summed E-state index contributed by atoms with van der Waals surface area (Å²) >= 11 is 3.51. The quantitative estimate of drug-likeness (QED) is 0.753. The van der Waals surface area contributed by atoms with Crippen LogP contribution in [0.15, 0.2) is 0 Å². The van der Waals surface area contributed by atoms with E-state index in [0.717, 1.165) is 24.3 Å². The Balaban J connectivity index is 1.87. The van der Waals surface area contributed by atoms with Crippen LogP contribution < -0.4 is 5.73 Å². The van der Waals surface area contributed by atoms with E-state index in [1.807, 2.05) is 4.90 Å². The molecule has 2 rings (SSSR count). The lowest BCUT2D eigenvalue weighted by molar-refractivity contribution is -0.129. The van der Waals surface area contributed by atoms with Crippen molar-refractivity contribution in [2.24, 2.45) is 17.1 Å². The van der Waals surface area contributed by atoms with Crippen LogP contribution in [-0.2, 0) is 4.79 Å². The summed E-state index contributed by atoms with van der Waals surface area (Å²) in [7, 11) is 0. The molecule has 2 fully saturated rings. The number of alkyl halides is 1. The monoisotopic (exact) mass is 260 g/mol. The normalized spacial score (nSPS) is 36.1. The van der Waals surface area contributed by atoms with Crippen LogP contribution in [0.5, 0.6) is 0 Å². The number of nitrogens with two attached hydrogens (primary N) is 1. The lowest BCUT2D eigenvalue weighted by Gasteiger charge is -2.44. The third-order valence-electron chi connectivity index (χ3n) is 3.63. The van der Waals surface area contributed by atoms with E-state index in [9.17, 15) is 4.79 Å². The standard InChI is InChI=1S/C10H17BrN2O/c11-5-8-3-10(4-8)1-2-13(7-10)9(14)6-12/h8H,1-7,12H2. The highest BCUT2D eigenvalue weighted by Crippen LogP contribution is 2.52. The number of carbonyl (C=O) groups is 1. The highest BCUT2D eigenvalue weighted by molar-refractivity contribution is 9.09. The Labute approximate surface area is 93.1 Å². The van der Waals surface area contributed by atoms with Crippen LogP contribution in [-0.4, -0.2) is 35.8 Å². The van der Waals surface area contributed by atoms with Gasteiger partial charge in [0.05, 0.1) is 6.54 Å². The average molecular weight is 261 g/mol. The molecule has 1 aliphatic heterocycles. The van der Waals surface area contributed by atoms with Gasteiger partial charge in [0.2, 0.25) is 5.91 Å². The number of likely N-dealkylation sites (tertiary alicyclic amines) is 1. The Morgan fingerprint density at radius 3 is 2.86 bits per heavy atom. The molecule has 14 heavy (non-hydrogen) atoms. The Kier molecular flexibility index (Phi) is 2.84. The summed E-state index contributed by atoms with van der Waals surface area (Å²) in [5.74, 6) is 0.951. The van der Waals surface area contributed by atoms with Crippen LogP contribution in [0.25, 0.3) is 0 Å². The van der Waals surface area contributed by atoms with E-state index in [4.69, 9.17) is 5.73 Å². The molecule has 1 saturated carbocycles. The van der Waals surface area contributed by atoms with Crippen molar-refractivity contribution in [1.82, 2.24) is 4.90 Å². The first-order valence-electron chi connectivity index (χ1n) is 5.23. The SMILES string of the molecule is NCC(=O)N1CCC2(CC(CBr)C2)C1. The van der Waals surface area contributed by atoms with E-state index in [1.54, 1.807) is 0 Å². The molecule has 0 unspecified atom stereocenters. The van der Waals surface area contributed by atoms with Crippen LogP contribution in [0.2, 0.25) is 0 Å². The Bertz CT molecular complexity index is 238. The summed E-state index contributed by atoms with van der Waals surface area (Å²) in [4.78, 5) is 13.3. The van der Waals surface area contributed by atoms with E-state index in [-0.39, 0.29) is 12.5 Å². The zero-order valence-corrected chi connectivity index (χ0v) is 9.92. The molecular weight excluding hydrogens is 244 g/mol. The van der Waals surface area contributed by atoms with Crippen molar-refractivity contribution >= 4 is 21.8 Å². The molecule has 0 bridgehead atoms. The molecule has 1 heterocycles. The molecule has 1 spiro atoms. The van der Waals surface area contributed by atoms with Gasteiger partial charge in [-0.25, -0.2) is 0 Å². The van der Waals surface area contributed by atoms with Gasteiger partial charge in [-0.15, -0.1) is 0 Å². The summed E-state index contributed by atoms with van der Waals surface area (Å²) in [5.41, 5.74) is 5.82. The number of amides is 1. The van der Waals surface area contributed by atoms with Crippen molar-refractivity contribution in [1.29, 1.82) is 0 Å². The molecule has 0 aromatic rings. The molecule has 1 amide bonds. The minimum absolute atomic E-state index is 0.115. The third-order valence-corrected chi connectivity index (χ3v) is 4.54. The van der Waals surface area contributed by atoms with E-state index in [2.05, 4.69) is 15.9 Å². The van der Waals surface area contributed by atoms with Gasteiger partial charge < -0.3 is 10.6 Å². The van der Waals surface area contributed by atoms with Gasteiger partial charge in [0.1, 0.15) is 0 Å².